The Kier molecular flexibility index (Phi) is 6.74. The van der Waals surface area contributed by atoms with Crippen LogP contribution in [0.5, 0.6) is 0 Å². The molecule has 0 fully saturated rings. The van der Waals surface area contributed by atoms with E-state index < -0.39 is 0 Å². The van der Waals surface area contributed by atoms with Crippen LogP contribution in [0.25, 0.3) is 16.4 Å². The molecule has 2 aromatic heterocycles. The van der Waals surface area contributed by atoms with Crippen LogP contribution in [-0.4, -0.2) is 92.5 Å². The molecule has 7 heteroatoms. The number of ether oxygens (including phenoxy) is 1. The topological polar surface area (TPSA) is 57.5 Å². The molecule has 3 aromatic rings. The van der Waals surface area contributed by atoms with Crippen LogP contribution in [-0.2, 0) is 4.74 Å². The van der Waals surface area contributed by atoms with Gasteiger partial charge < -0.3 is 23.8 Å². The van der Waals surface area contributed by atoms with Gasteiger partial charge in [-0.15, -0.1) is 0 Å². The van der Waals surface area contributed by atoms with Crippen molar-refractivity contribution in [1.82, 2.24) is 19.1 Å². The molecule has 0 saturated heterocycles. The highest BCUT2D eigenvalue weighted by Crippen LogP contribution is 2.28. The summed E-state index contributed by atoms with van der Waals surface area (Å²) >= 11 is 0. The smallest absolute Gasteiger partial charge is 0.341 e. The average Bonchev–Trinajstić information content (AvgIpc) is 3.04. The molecule has 1 aromatic carbocycles. The highest BCUT2D eigenvalue weighted by molar-refractivity contribution is 6.12. The Hall–Kier alpha value is -2.90. The molecule has 2 heterocycles. The summed E-state index contributed by atoms with van der Waals surface area (Å²) in [5.41, 5.74) is 2.72. The van der Waals surface area contributed by atoms with Crippen molar-refractivity contribution in [3.63, 3.8) is 0 Å². The van der Waals surface area contributed by atoms with Crippen molar-refractivity contribution in [3.8, 4) is 0 Å². The Morgan fingerprint density at radius 3 is 2.27 bits per heavy atom. The normalized spacial score (nSPS) is 11.6. The van der Waals surface area contributed by atoms with E-state index in [0.29, 0.717) is 30.8 Å². The van der Waals surface area contributed by atoms with Gasteiger partial charge in [-0.25, -0.2) is 4.79 Å². The third-order valence-electron chi connectivity index (χ3n) is 5.09. The predicted molar refractivity (Wildman–Crippen MR) is 119 cm³/mol. The van der Waals surface area contributed by atoms with Crippen molar-refractivity contribution in [2.75, 3.05) is 61.5 Å². The molecule has 0 saturated carbocycles. The zero-order valence-electron chi connectivity index (χ0n) is 18.4. The van der Waals surface area contributed by atoms with Gasteiger partial charge in [-0.1, -0.05) is 18.2 Å². The molecule has 0 radical (unpaired) electrons. The fourth-order valence-corrected chi connectivity index (χ4v) is 3.34. The minimum Gasteiger partial charge on any atom is -0.461 e. The maximum absolute atomic E-state index is 12.9. The lowest BCUT2D eigenvalue weighted by molar-refractivity contribution is 0.0486. The third kappa shape index (κ3) is 4.63. The van der Waals surface area contributed by atoms with E-state index in [4.69, 9.17) is 4.74 Å². The standard InChI is InChI=1S/C23H30N4O3/c1-24(2)12-13-26(5)22(28)17-10-11-20-21(23(29)30-15-14-25(3)4)18-8-6-7-9-19(18)27(20)16-17/h6-11,16H,12-15H2,1-5H3. The summed E-state index contributed by atoms with van der Waals surface area (Å²) in [5.74, 6) is -0.399. The second-order valence-corrected chi connectivity index (χ2v) is 8.03. The molecule has 7 nitrogen and oxygen atoms in total. The number of carbonyl (C=O) groups is 2. The van der Waals surface area contributed by atoms with Gasteiger partial charge in [-0.2, -0.15) is 0 Å². The van der Waals surface area contributed by atoms with E-state index in [0.717, 1.165) is 23.0 Å². The van der Waals surface area contributed by atoms with Crippen molar-refractivity contribution >= 4 is 28.3 Å². The van der Waals surface area contributed by atoms with Crippen molar-refractivity contribution in [2.45, 2.75) is 0 Å². The maximum atomic E-state index is 12.9. The first-order valence-corrected chi connectivity index (χ1v) is 10.0. The van der Waals surface area contributed by atoms with E-state index in [9.17, 15) is 9.59 Å². The molecule has 0 bridgehead atoms. The quantitative estimate of drug-likeness (QED) is 0.534. The number of fused-ring (bicyclic) bond motifs is 3. The number of nitrogens with zero attached hydrogens (tertiary/aromatic N) is 4. The average molecular weight is 411 g/mol. The van der Waals surface area contributed by atoms with Crippen LogP contribution in [0.3, 0.4) is 0 Å². The van der Waals surface area contributed by atoms with Gasteiger partial charge in [-0.05, 0) is 46.4 Å². The molecular weight excluding hydrogens is 380 g/mol. The highest BCUT2D eigenvalue weighted by atomic mass is 16.5. The number of pyridine rings is 1. The van der Waals surface area contributed by atoms with Crippen LogP contribution >= 0.6 is 0 Å². The summed E-state index contributed by atoms with van der Waals surface area (Å²) in [5, 5.41) is 0.818. The molecule has 160 valence electrons. The molecule has 1 amide bonds. The van der Waals surface area contributed by atoms with Gasteiger partial charge in [0, 0.05) is 38.3 Å². The number of likely N-dealkylation sites (N-methyl/N-ethyl adjacent to an activating group) is 3. The zero-order chi connectivity index (χ0) is 21.8. The second kappa shape index (κ2) is 9.28. The summed E-state index contributed by atoms with van der Waals surface area (Å²) in [4.78, 5) is 31.5. The third-order valence-corrected chi connectivity index (χ3v) is 5.09. The Morgan fingerprint density at radius 2 is 1.57 bits per heavy atom. The molecule has 30 heavy (non-hydrogen) atoms. The minimum absolute atomic E-state index is 0.0494. The summed E-state index contributed by atoms with van der Waals surface area (Å²) in [7, 11) is 9.64. The number of esters is 1. The van der Waals surface area contributed by atoms with Crippen LogP contribution < -0.4 is 0 Å². The highest BCUT2D eigenvalue weighted by Gasteiger charge is 2.21. The predicted octanol–water partition coefficient (Wildman–Crippen LogP) is 2.44. The van der Waals surface area contributed by atoms with E-state index in [2.05, 4.69) is 0 Å². The maximum Gasteiger partial charge on any atom is 0.341 e. The van der Waals surface area contributed by atoms with Gasteiger partial charge in [-0.3, -0.25) is 4.79 Å². The van der Waals surface area contributed by atoms with Gasteiger partial charge in [0.25, 0.3) is 5.91 Å². The Bertz CT molecular complexity index is 1060. The number of benzene rings is 1. The Morgan fingerprint density at radius 1 is 0.867 bits per heavy atom. The fraction of sp³-hybridized carbons (Fsp3) is 0.391. The van der Waals surface area contributed by atoms with Gasteiger partial charge >= 0.3 is 5.97 Å². The van der Waals surface area contributed by atoms with E-state index in [1.807, 2.05) is 78.9 Å². The molecule has 3 rings (SSSR count). The van der Waals surface area contributed by atoms with Crippen LogP contribution in [0.15, 0.2) is 42.6 Å². The van der Waals surface area contributed by atoms with E-state index >= 15 is 0 Å². The number of para-hydroxylation sites is 1. The van der Waals surface area contributed by atoms with Crippen molar-refractivity contribution < 1.29 is 14.3 Å². The fourth-order valence-electron chi connectivity index (χ4n) is 3.34. The van der Waals surface area contributed by atoms with Gasteiger partial charge in [0.1, 0.15) is 6.61 Å². The van der Waals surface area contributed by atoms with Crippen LogP contribution in [0.1, 0.15) is 20.7 Å². The molecular formula is C23H30N4O3. The Labute approximate surface area is 177 Å². The molecule has 0 unspecified atom stereocenters. The first-order valence-electron chi connectivity index (χ1n) is 10.0. The lowest BCUT2D eigenvalue weighted by Crippen LogP contribution is -2.33. The summed E-state index contributed by atoms with van der Waals surface area (Å²) < 4.78 is 7.42. The minimum atomic E-state index is -0.349. The monoisotopic (exact) mass is 410 g/mol. The van der Waals surface area contributed by atoms with Crippen molar-refractivity contribution in [2.24, 2.45) is 0 Å². The molecule has 0 aliphatic carbocycles. The summed E-state index contributed by atoms with van der Waals surface area (Å²) in [6.07, 6.45) is 1.81. The van der Waals surface area contributed by atoms with Gasteiger partial charge in [0.05, 0.1) is 22.2 Å². The first-order chi connectivity index (χ1) is 14.3. The van der Waals surface area contributed by atoms with E-state index in [1.165, 1.54) is 0 Å². The number of hydrogen-bond donors (Lipinski definition) is 0. The number of hydrogen-bond acceptors (Lipinski definition) is 5. The number of rotatable bonds is 8. The number of aromatic nitrogens is 1. The van der Waals surface area contributed by atoms with Gasteiger partial charge in [0.2, 0.25) is 0 Å². The lowest BCUT2D eigenvalue weighted by atomic mass is 10.1. The first kappa shape index (κ1) is 21.8. The second-order valence-electron chi connectivity index (χ2n) is 8.03. The summed E-state index contributed by atoms with van der Waals surface area (Å²) in [6.45, 7) is 2.41. The summed E-state index contributed by atoms with van der Waals surface area (Å²) in [6, 6.07) is 11.3. The van der Waals surface area contributed by atoms with Crippen molar-refractivity contribution in [3.05, 3.63) is 53.7 Å². The molecule has 0 spiro atoms. The van der Waals surface area contributed by atoms with Crippen LogP contribution in [0.2, 0.25) is 0 Å². The largest absolute Gasteiger partial charge is 0.461 e. The SMILES string of the molecule is CN(C)CCOC(=O)c1c2ccccc2n2cc(C(=O)N(C)CCN(C)C)ccc12. The molecule has 0 aliphatic heterocycles. The Balaban J connectivity index is 1.97. The molecule has 0 atom stereocenters. The van der Waals surface area contributed by atoms with Crippen LogP contribution in [0, 0.1) is 0 Å². The van der Waals surface area contributed by atoms with Gasteiger partial charge in [0.15, 0.2) is 0 Å². The van der Waals surface area contributed by atoms with E-state index in [-0.39, 0.29) is 11.9 Å². The zero-order valence-corrected chi connectivity index (χ0v) is 18.4. The lowest BCUT2D eigenvalue weighted by Gasteiger charge is -2.19. The van der Waals surface area contributed by atoms with Crippen LogP contribution in [0.4, 0.5) is 0 Å². The number of carbonyl (C=O) groups excluding carboxylic acids is 2. The molecule has 0 N–H and O–H groups in total. The van der Waals surface area contributed by atoms with Crippen molar-refractivity contribution in [1.29, 1.82) is 0 Å². The number of amides is 1. The van der Waals surface area contributed by atoms with E-state index in [1.54, 1.807) is 18.0 Å². The molecule has 0 aliphatic rings.